The first-order valence-corrected chi connectivity index (χ1v) is 3.93. The minimum Gasteiger partial charge on any atom is -0.476 e. The molecule has 0 spiro atoms. The molecule has 72 valence electrons. The highest BCUT2D eigenvalue weighted by atomic mass is 35.5. The van der Waals surface area contributed by atoms with Crippen LogP contribution in [0.15, 0.2) is 24.5 Å². The molecular formula is C8H10ClNO3. The summed E-state index contributed by atoms with van der Waals surface area (Å²) >= 11 is 5.29. The molecule has 1 heterocycles. The van der Waals surface area contributed by atoms with Crippen molar-refractivity contribution < 1.29 is 14.3 Å². The van der Waals surface area contributed by atoms with Crippen LogP contribution in [0.4, 0.5) is 0 Å². The van der Waals surface area contributed by atoms with Gasteiger partial charge in [-0.25, -0.2) is 0 Å². The zero-order chi connectivity index (χ0) is 9.94. The first-order valence-electron chi connectivity index (χ1n) is 3.40. The fourth-order valence-corrected chi connectivity index (χ4v) is 0.621. The van der Waals surface area contributed by atoms with E-state index in [1.165, 1.54) is 7.11 Å². The van der Waals surface area contributed by atoms with Gasteiger partial charge in [-0.05, 0) is 12.1 Å². The Bertz CT molecular complexity index is 218. The molecule has 0 saturated carbocycles. The van der Waals surface area contributed by atoms with Crippen LogP contribution in [0.2, 0.25) is 0 Å². The molecule has 0 fully saturated rings. The Hall–Kier alpha value is -1.29. The number of halogens is 1. The lowest BCUT2D eigenvalue weighted by atomic mass is 10.5. The summed E-state index contributed by atoms with van der Waals surface area (Å²) in [5.41, 5.74) is 0. The number of alkyl halides is 1. The lowest BCUT2D eigenvalue weighted by Crippen LogP contribution is -1.87. The molecule has 0 unspecified atom stereocenters. The Morgan fingerprint density at radius 3 is 2.77 bits per heavy atom. The van der Waals surface area contributed by atoms with Crippen molar-refractivity contribution in [2.45, 2.75) is 0 Å². The van der Waals surface area contributed by atoms with Crippen LogP contribution in [0.3, 0.4) is 0 Å². The highest BCUT2D eigenvalue weighted by Crippen LogP contribution is 2.05. The molecule has 0 radical (unpaired) electrons. The van der Waals surface area contributed by atoms with Gasteiger partial charge in [0.1, 0.15) is 5.75 Å². The van der Waals surface area contributed by atoms with E-state index in [1.807, 2.05) is 0 Å². The summed E-state index contributed by atoms with van der Waals surface area (Å²) in [6.07, 6.45) is 3.30. The Labute approximate surface area is 81.4 Å². The zero-order valence-electron chi connectivity index (χ0n) is 7.14. The van der Waals surface area contributed by atoms with Crippen molar-refractivity contribution in [1.82, 2.24) is 4.98 Å². The minimum atomic E-state index is 0.172. The van der Waals surface area contributed by atoms with Crippen LogP contribution in [0.1, 0.15) is 0 Å². The van der Waals surface area contributed by atoms with Gasteiger partial charge in [0.05, 0.1) is 13.3 Å². The number of carbonyl (C=O) groups is 1. The van der Waals surface area contributed by atoms with E-state index < -0.39 is 0 Å². The smallest absolute Gasteiger partial charge is 0.292 e. The van der Waals surface area contributed by atoms with Gasteiger partial charge in [-0.2, -0.15) is 0 Å². The highest BCUT2D eigenvalue weighted by molar-refractivity contribution is 6.17. The number of ether oxygens (including phenoxy) is 2. The largest absolute Gasteiger partial charge is 0.476 e. The second kappa shape index (κ2) is 8.80. The Morgan fingerprint density at radius 1 is 1.69 bits per heavy atom. The van der Waals surface area contributed by atoms with Gasteiger partial charge in [0.2, 0.25) is 0 Å². The summed E-state index contributed by atoms with van der Waals surface area (Å²) in [6, 6.07) is 3.77. The number of hydrogen-bond donors (Lipinski definition) is 0. The van der Waals surface area contributed by atoms with Gasteiger partial charge in [-0.15, -0.1) is 0 Å². The van der Waals surface area contributed by atoms with E-state index in [4.69, 9.17) is 21.1 Å². The Morgan fingerprint density at radius 2 is 2.38 bits per heavy atom. The SMILES string of the molecule is COC=O.ClCOc1cccnc1. The van der Waals surface area contributed by atoms with Crippen LogP contribution in [-0.4, -0.2) is 24.6 Å². The molecule has 5 heteroatoms. The first kappa shape index (κ1) is 11.7. The van der Waals surface area contributed by atoms with Gasteiger partial charge in [0.15, 0.2) is 6.07 Å². The second-order valence-corrected chi connectivity index (χ2v) is 1.99. The molecule has 0 aliphatic rings. The van der Waals surface area contributed by atoms with Gasteiger partial charge in [-0.1, -0.05) is 11.6 Å². The normalized spacial score (nSPS) is 7.85. The van der Waals surface area contributed by atoms with E-state index in [9.17, 15) is 0 Å². The standard InChI is InChI=1S/C6H6ClNO.C2H4O2/c7-5-9-6-2-1-3-8-4-6;1-4-2-3/h1-4H,5H2;2H,1H3. The molecule has 0 atom stereocenters. The van der Waals surface area contributed by atoms with E-state index in [2.05, 4.69) is 9.72 Å². The number of pyridine rings is 1. The highest BCUT2D eigenvalue weighted by Gasteiger charge is 1.85. The molecule has 0 aliphatic heterocycles. The van der Waals surface area contributed by atoms with Crippen molar-refractivity contribution in [2.24, 2.45) is 0 Å². The summed E-state index contributed by atoms with van der Waals surface area (Å²) in [4.78, 5) is 12.8. The van der Waals surface area contributed by atoms with Crippen molar-refractivity contribution in [3.05, 3.63) is 24.5 Å². The van der Waals surface area contributed by atoms with Crippen LogP contribution in [-0.2, 0) is 9.53 Å². The predicted molar refractivity (Wildman–Crippen MR) is 48.7 cm³/mol. The van der Waals surface area contributed by atoms with E-state index in [0.717, 1.165) is 0 Å². The van der Waals surface area contributed by atoms with Crippen LogP contribution in [0.5, 0.6) is 5.75 Å². The molecule has 13 heavy (non-hydrogen) atoms. The molecule has 0 aliphatic carbocycles. The zero-order valence-corrected chi connectivity index (χ0v) is 7.90. The van der Waals surface area contributed by atoms with E-state index >= 15 is 0 Å². The Balaban J connectivity index is 0.000000310. The van der Waals surface area contributed by atoms with Gasteiger partial charge < -0.3 is 9.47 Å². The fourth-order valence-electron chi connectivity index (χ4n) is 0.495. The maximum absolute atomic E-state index is 8.95. The average Bonchev–Trinajstić information content (AvgIpc) is 2.20. The monoisotopic (exact) mass is 203 g/mol. The topological polar surface area (TPSA) is 48.4 Å². The average molecular weight is 204 g/mol. The molecule has 1 aromatic rings. The van der Waals surface area contributed by atoms with Gasteiger partial charge >= 0.3 is 0 Å². The summed E-state index contributed by atoms with van der Waals surface area (Å²) in [5.74, 6) is 0.701. The second-order valence-electron chi connectivity index (χ2n) is 1.77. The van der Waals surface area contributed by atoms with Gasteiger partial charge in [0.25, 0.3) is 6.47 Å². The number of nitrogens with zero attached hydrogens (tertiary/aromatic N) is 1. The maximum atomic E-state index is 8.95. The van der Waals surface area contributed by atoms with Crippen LogP contribution < -0.4 is 4.74 Å². The number of hydrogen-bond acceptors (Lipinski definition) is 4. The summed E-state index contributed by atoms with van der Waals surface area (Å²) < 4.78 is 8.77. The summed E-state index contributed by atoms with van der Waals surface area (Å²) in [7, 11) is 1.31. The fraction of sp³-hybridized carbons (Fsp3) is 0.250. The van der Waals surface area contributed by atoms with E-state index in [-0.39, 0.29) is 6.07 Å². The number of methoxy groups -OCH3 is 1. The minimum absolute atomic E-state index is 0.172. The summed E-state index contributed by atoms with van der Waals surface area (Å²) in [6.45, 7) is 0.375. The molecule has 0 amide bonds. The van der Waals surface area contributed by atoms with Crippen LogP contribution in [0.25, 0.3) is 0 Å². The molecule has 0 bridgehead atoms. The number of rotatable bonds is 3. The van der Waals surface area contributed by atoms with Crippen molar-refractivity contribution >= 4 is 18.1 Å². The molecule has 1 rings (SSSR count). The summed E-state index contributed by atoms with van der Waals surface area (Å²) in [5, 5.41) is 0. The first-order chi connectivity index (χ1) is 6.35. The Kier molecular flexibility index (Phi) is 7.93. The van der Waals surface area contributed by atoms with Gasteiger partial charge in [-0.3, -0.25) is 9.78 Å². The van der Waals surface area contributed by atoms with Crippen LogP contribution in [0, 0.1) is 0 Å². The van der Waals surface area contributed by atoms with Crippen molar-refractivity contribution in [1.29, 1.82) is 0 Å². The van der Waals surface area contributed by atoms with E-state index in [0.29, 0.717) is 12.2 Å². The molecule has 0 saturated heterocycles. The van der Waals surface area contributed by atoms with Crippen molar-refractivity contribution in [3.63, 3.8) is 0 Å². The third kappa shape index (κ3) is 7.08. The molecule has 1 aromatic heterocycles. The molecule has 0 aromatic carbocycles. The third-order valence-corrected chi connectivity index (χ3v) is 1.06. The predicted octanol–water partition coefficient (Wildman–Crippen LogP) is 1.45. The molecule has 4 nitrogen and oxygen atoms in total. The van der Waals surface area contributed by atoms with E-state index in [1.54, 1.807) is 24.5 Å². The quantitative estimate of drug-likeness (QED) is 0.551. The van der Waals surface area contributed by atoms with Crippen LogP contribution >= 0.6 is 11.6 Å². The van der Waals surface area contributed by atoms with Crippen molar-refractivity contribution in [3.8, 4) is 5.75 Å². The lowest BCUT2D eigenvalue weighted by Gasteiger charge is -1.97. The maximum Gasteiger partial charge on any atom is 0.292 e. The number of carbonyl (C=O) groups excluding carboxylic acids is 1. The molecule has 0 N–H and O–H groups in total. The molecular weight excluding hydrogens is 194 g/mol. The van der Waals surface area contributed by atoms with Crippen molar-refractivity contribution in [2.75, 3.05) is 13.2 Å². The van der Waals surface area contributed by atoms with Gasteiger partial charge in [0, 0.05) is 6.20 Å². The lowest BCUT2D eigenvalue weighted by molar-refractivity contribution is -0.126. The number of aromatic nitrogens is 1. The third-order valence-electron chi connectivity index (χ3n) is 0.952.